The predicted octanol–water partition coefficient (Wildman–Crippen LogP) is 3.02. The Morgan fingerprint density at radius 3 is 2.51 bits per heavy atom. The maximum absolute atomic E-state index is 14.1. The van der Waals surface area contributed by atoms with Crippen molar-refractivity contribution in [3.05, 3.63) is 102 Å². The van der Waals surface area contributed by atoms with Crippen molar-refractivity contribution in [1.82, 2.24) is 40.0 Å². The normalized spacial score (nSPS) is 19.7. The van der Waals surface area contributed by atoms with Crippen LogP contribution in [0.1, 0.15) is 58.0 Å². The molecule has 3 aromatic heterocycles. The maximum Gasteiger partial charge on any atom is 0.264 e. The highest BCUT2D eigenvalue weighted by atomic mass is 19.1. The highest BCUT2D eigenvalue weighted by molar-refractivity contribution is 6.25. The number of halogens is 1. The summed E-state index contributed by atoms with van der Waals surface area (Å²) in [5, 5.41) is 13.3. The summed E-state index contributed by atoms with van der Waals surface area (Å²) in [5.74, 6) is -1.02. The van der Waals surface area contributed by atoms with E-state index >= 15 is 0 Å². The molecule has 2 aromatic carbocycles. The molecule has 7 heterocycles. The number of rotatable bonds is 11. The summed E-state index contributed by atoms with van der Waals surface area (Å²) in [6.45, 7) is 4.31. The molecule has 0 bridgehead atoms. The highest BCUT2D eigenvalue weighted by Gasteiger charge is 2.45. The third-order valence-electron chi connectivity index (χ3n) is 11.4. The summed E-state index contributed by atoms with van der Waals surface area (Å²) >= 11 is 0. The molecule has 4 aliphatic rings. The van der Waals surface area contributed by atoms with Crippen LogP contribution in [-0.2, 0) is 14.4 Å². The molecule has 5 amide bonds. The number of nitrogens with zero attached hydrogens (tertiary/aromatic N) is 8. The van der Waals surface area contributed by atoms with E-state index in [1.807, 2.05) is 40.9 Å². The van der Waals surface area contributed by atoms with Crippen LogP contribution in [0.25, 0.3) is 17.0 Å². The van der Waals surface area contributed by atoms with Crippen molar-refractivity contribution in [2.75, 3.05) is 67.5 Å². The van der Waals surface area contributed by atoms with Gasteiger partial charge in [-0.3, -0.25) is 39.1 Å². The Hall–Kier alpha value is -6.75. The Morgan fingerprint density at radius 1 is 0.847 bits per heavy atom. The smallest absolute Gasteiger partial charge is 0.264 e. The van der Waals surface area contributed by atoms with Gasteiger partial charge in [0.2, 0.25) is 17.7 Å². The zero-order chi connectivity index (χ0) is 40.6. The van der Waals surface area contributed by atoms with E-state index in [0.29, 0.717) is 44.1 Å². The van der Waals surface area contributed by atoms with Gasteiger partial charge in [0, 0.05) is 57.9 Å². The molecule has 3 fully saturated rings. The Kier molecular flexibility index (Phi) is 10.2. The number of carbonyl (C=O) groups excluding carboxylic acids is 5. The second kappa shape index (κ2) is 15.9. The Bertz CT molecular complexity index is 2480. The van der Waals surface area contributed by atoms with Gasteiger partial charge in [0.15, 0.2) is 5.65 Å². The molecule has 302 valence electrons. The van der Waals surface area contributed by atoms with Crippen molar-refractivity contribution in [3.8, 4) is 11.4 Å². The van der Waals surface area contributed by atoms with E-state index in [1.54, 1.807) is 30.5 Å². The molecule has 0 spiro atoms. The van der Waals surface area contributed by atoms with Crippen LogP contribution in [0.3, 0.4) is 0 Å². The molecule has 0 radical (unpaired) electrons. The van der Waals surface area contributed by atoms with Gasteiger partial charge < -0.3 is 20.4 Å². The fourth-order valence-electron chi connectivity index (χ4n) is 8.49. The number of hydrogen-bond donors (Lipinski definition) is 3. The largest absolute Gasteiger partial charge is 0.383 e. The van der Waals surface area contributed by atoms with Gasteiger partial charge >= 0.3 is 0 Å². The Labute approximate surface area is 338 Å². The van der Waals surface area contributed by atoms with Crippen LogP contribution in [0.5, 0.6) is 0 Å². The maximum atomic E-state index is 14.1. The number of fused-ring (bicyclic) bond motifs is 2. The summed E-state index contributed by atoms with van der Waals surface area (Å²) in [5.41, 5.74) is 3.93. The third-order valence-corrected chi connectivity index (χ3v) is 11.4. The molecule has 3 saturated heterocycles. The second-order valence-corrected chi connectivity index (χ2v) is 15.1. The van der Waals surface area contributed by atoms with E-state index in [9.17, 15) is 28.4 Å². The van der Waals surface area contributed by atoms with Crippen molar-refractivity contribution in [2.24, 2.45) is 0 Å². The standard InChI is InChI=1S/C42H42FN11O5/c43-27-6-1-5-26(23-27)31-10-4-18-52(31)36-14-13-34-46-24-33(54(34)49-36)29-8-3-11-35(47-29)51-21-19-50(20-22-51)25-38(56)45-17-16-44-30-9-2-7-28-39(30)42(59)53(41(28)58)32-12-15-37(55)48-40(32)57/h1-3,5-9,11,13-14,23-24,31-32,44H,4,10,12,15-22,25H2,(H,45,56)(H,48,55,57)/t31-,32?/m1/s1. The summed E-state index contributed by atoms with van der Waals surface area (Å²) < 4.78 is 15.9. The van der Waals surface area contributed by atoms with Gasteiger partial charge in [-0.15, -0.1) is 5.10 Å². The number of hydrogen-bond acceptors (Lipinski definition) is 12. The summed E-state index contributed by atoms with van der Waals surface area (Å²) in [6.07, 6.45) is 3.81. The van der Waals surface area contributed by atoms with Gasteiger partial charge in [-0.1, -0.05) is 24.3 Å². The highest BCUT2D eigenvalue weighted by Crippen LogP contribution is 2.36. The van der Waals surface area contributed by atoms with E-state index in [1.165, 1.54) is 12.1 Å². The number of piperazine rings is 1. The van der Waals surface area contributed by atoms with Crippen molar-refractivity contribution in [3.63, 3.8) is 0 Å². The van der Waals surface area contributed by atoms with Crippen LogP contribution in [0, 0.1) is 5.82 Å². The Morgan fingerprint density at radius 2 is 1.68 bits per heavy atom. The van der Waals surface area contributed by atoms with E-state index in [0.717, 1.165) is 52.9 Å². The average Bonchev–Trinajstić information content (AvgIpc) is 3.97. The van der Waals surface area contributed by atoms with Crippen LogP contribution in [0.2, 0.25) is 0 Å². The minimum absolute atomic E-state index is 0.0386. The number of piperidine rings is 1. The number of benzene rings is 2. The lowest BCUT2D eigenvalue weighted by molar-refractivity contribution is -0.136. The van der Waals surface area contributed by atoms with Gasteiger partial charge in [-0.05, 0) is 73.4 Å². The minimum Gasteiger partial charge on any atom is -0.383 e. The van der Waals surface area contributed by atoms with Crippen LogP contribution >= 0.6 is 0 Å². The first-order chi connectivity index (χ1) is 28.7. The fraction of sp³-hybridized carbons (Fsp3) is 0.333. The minimum atomic E-state index is -1.05. The van der Waals surface area contributed by atoms with E-state index in [-0.39, 0.29) is 54.8 Å². The fourth-order valence-corrected chi connectivity index (χ4v) is 8.49. The summed E-state index contributed by atoms with van der Waals surface area (Å²) in [4.78, 5) is 80.5. The second-order valence-electron chi connectivity index (χ2n) is 15.1. The van der Waals surface area contributed by atoms with Crippen molar-refractivity contribution < 1.29 is 28.4 Å². The first kappa shape index (κ1) is 37.8. The van der Waals surface area contributed by atoms with Crippen LogP contribution in [-0.4, -0.2) is 117 Å². The number of imidazole rings is 1. The van der Waals surface area contributed by atoms with Gasteiger partial charge in [-0.2, -0.15) is 0 Å². The molecule has 4 aliphatic heterocycles. The topological polar surface area (TPSA) is 177 Å². The van der Waals surface area contributed by atoms with Gasteiger partial charge in [0.25, 0.3) is 11.8 Å². The van der Waals surface area contributed by atoms with E-state index < -0.39 is 29.7 Å². The molecule has 59 heavy (non-hydrogen) atoms. The van der Waals surface area contributed by atoms with E-state index in [2.05, 4.69) is 35.6 Å². The first-order valence-electron chi connectivity index (χ1n) is 19.9. The number of imide groups is 2. The molecular weight excluding hydrogens is 758 g/mol. The zero-order valence-corrected chi connectivity index (χ0v) is 32.1. The number of nitrogens with one attached hydrogen (secondary N) is 3. The van der Waals surface area contributed by atoms with Crippen LogP contribution in [0.4, 0.5) is 21.7 Å². The molecule has 17 heteroatoms. The molecule has 1 unspecified atom stereocenters. The lowest BCUT2D eigenvalue weighted by Crippen LogP contribution is -2.54. The molecule has 5 aromatic rings. The lowest BCUT2D eigenvalue weighted by Gasteiger charge is -2.35. The van der Waals surface area contributed by atoms with Crippen molar-refractivity contribution in [1.29, 1.82) is 0 Å². The quantitative estimate of drug-likeness (QED) is 0.132. The molecule has 3 N–H and O–H groups in total. The average molecular weight is 800 g/mol. The number of anilines is 3. The number of carbonyl (C=O) groups is 5. The Balaban J connectivity index is 0.773. The van der Waals surface area contributed by atoms with Crippen molar-refractivity contribution in [2.45, 2.75) is 37.8 Å². The SMILES string of the molecule is O=C(CN1CCN(c2cccc(-c3cnc4ccc(N5CCC[C@@H]5c5cccc(F)c5)nn34)n2)CC1)NCCNc1cccc2c1C(=O)N(C1CCC(=O)NC1=O)C2=O. The van der Waals surface area contributed by atoms with Crippen LogP contribution < -0.4 is 25.8 Å². The predicted molar refractivity (Wildman–Crippen MR) is 215 cm³/mol. The summed E-state index contributed by atoms with van der Waals surface area (Å²) in [6, 6.07) is 20.5. The van der Waals surface area contributed by atoms with Gasteiger partial charge in [-0.25, -0.2) is 18.9 Å². The number of amides is 5. The van der Waals surface area contributed by atoms with Crippen LogP contribution in [0.15, 0.2) is 79.0 Å². The summed E-state index contributed by atoms with van der Waals surface area (Å²) in [7, 11) is 0. The van der Waals surface area contributed by atoms with Crippen molar-refractivity contribution >= 4 is 52.5 Å². The molecule has 0 saturated carbocycles. The first-order valence-corrected chi connectivity index (χ1v) is 19.9. The zero-order valence-electron chi connectivity index (χ0n) is 32.1. The molecule has 0 aliphatic carbocycles. The lowest BCUT2D eigenvalue weighted by atomic mass is 10.0. The third kappa shape index (κ3) is 7.44. The monoisotopic (exact) mass is 799 g/mol. The van der Waals surface area contributed by atoms with Gasteiger partial charge in [0.05, 0.1) is 35.6 Å². The number of aromatic nitrogens is 4. The molecular formula is C42H42FN11O5. The molecule has 2 atom stereocenters. The molecule has 9 rings (SSSR count). The van der Waals surface area contributed by atoms with Gasteiger partial charge in [0.1, 0.15) is 29.2 Å². The number of pyridine rings is 1. The molecule has 16 nitrogen and oxygen atoms in total. The van der Waals surface area contributed by atoms with E-state index in [4.69, 9.17) is 10.1 Å².